The minimum atomic E-state index is 0.289. The van der Waals surface area contributed by atoms with Crippen molar-refractivity contribution < 1.29 is 4.79 Å². The van der Waals surface area contributed by atoms with Crippen LogP contribution in [0.25, 0.3) is 0 Å². The molecule has 3 nitrogen and oxygen atoms in total. The summed E-state index contributed by atoms with van der Waals surface area (Å²) in [6, 6.07) is 6.43. The maximum absolute atomic E-state index is 12.4. The Morgan fingerprint density at radius 2 is 2.05 bits per heavy atom. The third-order valence-electron chi connectivity index (χ3n) is 4.45. The molecule has 1 saturated heterocycles. The first-order valence-electron chi connectivity index (χ1n) is 8.22. The molecular formula is C18H28N2OS. The standard InChI is InChI=1S/C18H28N2OS/c1-14-4-5-17(15(2)12-14)22-13-18(21)20-10-7-16(8-11-20)6-9-19-3/h4-5,12,16,19H,6-11,13H2,1-3H3. The van der Waals surface area contributed by atoms with Crippen molar-refractivity contribution in [2.24, 2.45) is 5.92 Å². The van der Waals surface area contributed by atoms with E-state index in [0.717, 1.165) is 38.4 Å². The lowest BCUT2D eigenvalue weighted by Gasteiger charge is -2.32. The highest BCUT2D eigenvalue weighted by molar-refractivity contribution is 8.00. The van der Waals surface area contributed by atoms with E-state index in [4.69, 9.17) is 0 Å². The second-order valence-electron chi connectivity index (χ2n) is 6.27. The summed E-state index contributed by atoms with van der Waals surface area (Å²) >= 11 is 1.67. The molecule has 1 fully saturated rings. The second kappa shape index (κ2) is 8.59. The van der Waals surface area contributed by atoms with Crippen LogP contribution >= 0.6 is 11.8 Å². The molecule has 1 aromatic rings. The van der Waals surface area contributed by atoms with Crippen LogP contribution in [-0.4, -0.2) is 43.2 Å². The molecule has 0 atom stereocenters. The number of hydrogen-bond acceptors (Lipinski definition) is 3. The molecule has 1 amide bonds. The lowest BCUT2D eigenvalue weighted by Crippen LogP contribution is -2.39. The number of benzene rings is 1. The molecule has 0 saturated carbocycles. The van der Waals surface area contributed by atoms with Gasteiger partial charge < -0.3 is 10.2 Å². The molecule has 0 radical (unpaired) electrons. The Balaban J connectivity index is 1.76. The summed E-state index contributed by atoms with van der Waals surface area (Å²) in [5.41, 5.74) is 2.54. The topological polar surface area (TPSA) is 32.3 Å². The van der Waals surface area contributed by atoms with E-state index >= 15 is 0 Å². The average molecular weight is 321 g/mol. The van der Waals surface area contributed by atoms with E-state index < -0.39 is 0 Å². The highest BCUT2D eigenvalue weighted by atomic mass is 32.2. The Morgan fingerprint density at radius 3 is 2.68 bits per heavy atom. The predicted molar refractivity (Wildman–Crippen MR) is 94.5 cm³/mol. The van der Waals surface area contributed by atoms with E-state index in [2.05, 4.69) is 37.4 Å². The molecule has 0 aliphatic carbocycles. The summed E-state index contributed by atoms with van der Waals surface area (Å²) in [5.74, 6) is 1.63. The van der Waals surface area contributed by atoms with Crippen molar-refractivity contribution in [1.29, 1.82) is 0 Å². The quantitative estimate of drug-likeness (QED) is 0.817. The predicted octanol–water partition coefficient (Wildman–Crippen LogP) is 3.24. The number of carbonyl (C=O) groups is 1. The number of rotatable bonds is 6. The number of carbonyl (C=O) groups excluding carboxylic acids is 1. The molecule has 22 heavy (non-hydrogen) atoms. The van der Waals surface area contributed by atoms with Crippen LogP contribution in [0.4, 0.5) is 0 Å². The number of nitrogens with one attached hydrogen (secondary N) is 1. The summed E-state index contributed by atoms with van der Waals surface area (Å²) in [6.45, 7) is 7.17. The van der Waals surface area contributed by atoms with E-state index in [9.17, 15) is 4.79 Å². The number of piperidine rings is 1. The molecule has 0 bridgehead atoms. The average Bonchev–Trinajstić information content (AvgIpc) is 2.52. The maximum atomic E-state index is 12.4. The molecule has 1 aliphatic rings. The molecule has 1 aliphatic heterocycles. The Labute approximate surface area is 138 Å². The van der Waals surface area contributed by atoms with Crippen LogP contribution in [0.5, 0.6) is 0 Å². The smallest absolute Gasteiger partial charge is 0.232 e. The van der Waals surface area contributed by atoms with Crippen molar-refractivity contribution in [3.05, 3.63) is 29.3 Å². The van der Waals surface area contributed by atoms with Crippen molar-refractivity contribution in [1.82, 2.24) is 10.2 Å². The molecule has 4 heteroatoms. The number of amides is 1. The van der Waals surface area contributed by atoms with Gasteiger partial charge in [0, 0.05) is 18.0 Å². The van der Waals surface area contributed by atoms with Gasteiger partial charge >= 0.3 is 0 Å². The molecule has 0 spiro atoms. The van der Waals surface area contributed by atoms with Gasteiger partial charge in [0.1, 0.15) is 0 Å². The van der Waals surface area contributed by atoms with Crippen LogP contribution in [0, 0.1) is 19.8 Å². The van der Waals surface area contributed by atoms with Gasteiger partial charge in [0.2, 0.25) is 5.91 Å². The van der Waals surface area contributed by atoms with Gasteiger partial charge in [0.25, 0.3) is 0 Å². The van der Waals surface area contributed by atoms with E-state index in [1.165, 1.54) is 22.4 Å². The van der Waals surface area contributed by atoms with E-state index in [0.29, 0.717) is 5.75 Å². The van der Waals surface area contributed by atoms with Crippen molar-refractivity contribution >= 4 is 17.7 Å². The normalized spacial score (nSPS) is 16.0. The zero-order valence-electron chi connectivity index (χ0n) is 14.0. The highest BCUT2D eigenvalue weighted by Gasteiger charge is 2.22. The van der Waals surface area contributed by atoms with Gasteiger partial charge in [-0.05, 0) is 64.3 Å². The number of nitrogens with zero attached hydrogens (tertiary/aromatic N) is 1. The fourth-order valence-electron chi connectivity index (χ4n) is 3.01. The fraction of sp³-hybridized carbons (Fsp3) is 0.611. The summed E-state index contributed by atoms with van der Waals surface area (Å²) in [5, 5.41) is 3.21. The van der Waals surface area contributed by atoms with Crippen molar-refractivity contribution in [3.8, 4) is 0 Å². The first-order valence-corrected chi connectivity index (χ1v) is 9.21. The van der Waals surface area contributed by atoms with Gasteiger partial charge in [-0.2, -0.15) is 0 Å². The SMILES string of the molecule is CNCCC1CCN(C(=O)CSc2ccc(C)cc2C)CC1. The zero-order valence-corrected chi connectivity index (χ0v) is 14.8. The fourth-order valence-corrected chi connectivity index (χ4v) is 3.92. The minimum Gasteiger partial charge on any atom is -0.342 e. The Kier molecular flexibility index (Phi) is 6.77. The molecule has 0 aromatic heterocycles. The first-order chi connectivity index (χ1) is 10.6. The summed E-state index contributed by atoms with van der Waals surface area (Å²) in [7, 11) is 2.00. The minimum absolute atomic E-state index is 0.289. The lowest BCUT2D eigenvalue weighted by molar-refractivity contribution is -0.129. The first kappa shape index (κ1) is 17.4. The lowest BCUT2D eigenvalue weighted by atomic mass is 9.93. The maximum Gasteiger partial charge on any atom is 0.232 e. The molecule has 0 unspecified atom stereocenters. The third kappa shape index (κ3) is 5.03. The Hall–Kier alpha value is -1.00. The van der Waals surface area contributed by atoms with Crippen LogP contribution in [0.3, 0.4) is 0 Å². The van der Waals surface area contributed by atoms with Gasteiger partial charge in [0.05, 0.1) is 5.75 Å². The number of thioether (sulfide) groups is 1. The number of hydrogen-bond donors (Lipinski definition) is 1. The van der Waals surface area contributed by atoms with Crippen LogP contribution in [-0.2, 0) is 4.79 Å². The van der Waals surface area contributed by atoms with Crippen molar-refractivity contribution in [2.75, 3.05) is 32.4 Å². The molecular weight excluding hydrogens is 292 g/mol. The van der Waals surface area contributed by atoms with Gasteiger partial charge in [-0.3, -0.25) is 4.79 Å². The largest absolute Gasteiger partial charge is 0.342 e. The molecule has 2 rings (SSSR count). The van der Waals surface area contributed by atoms with Crippen LogP contribution in [0.15, 0.2) is 23.1 Å². The number of aryl methyl sites for hydroxylation is 2. The van der Waals surface area contributed by atoms with Crippen LogP contribution < -0.4 is 5.32 Å². The van der Waals surface area contributed by atoms with Crippen LogP contribution in [0.2, 0.25) is 0 Å². The summed E-state index contributed by atoms with van der Waals surface area (Å²) in [4.78, 5) is 15.6. The molecule has 1 heterocycles. The van der Waals surface area contributed by atoms with E-state index in [1.54, 1.807) is 11.8 Å². The van der Waals surface area contributed by atoms with Gasteiger partial charge in [-0.15, -0.1) is 11.8 Å². The van der Waals surface area contributed by atoms with E-state index in [1.807, 2.05) is 11.9 Å². The van der Waals surface area contributed by atoms with Crippen molar-refractivity contribution in [3.63, 3.8) is 0 Å². The van der Waals surface area contributed by atoms with Gasteiger partial charge in [-0.25, -0.2) is 0 Å². The number of likely N-dealkylation sites (tertiary alicyclic amines) is 1. The van der Waals surface area contributed by atoms with Crippen molar-refractivity contribution in [2.45, 2.75) is 38.0 Å². The Bertz CT molecular complexity index is 496. The van der Waals surface area contributed by atoms with Gasteiger partial charge in [-0.1, -0.05) is 17.7 Å². The second-order valence-corrected chi connectivity index (χ2v) is 7.29. The summed E-state index contributed by atoms with van der Waals surface area (Å²) < 4.78 is 0. The zero-order chi connectivity index (χ0) is 15.9. The monoisotopic (exact) mass is 320 g/mol. The van der Waals surface area contributed by atoms with Crippen LogP contribution in [0.1, 0.15) is 30.4 Å². The highest BCUT2D eigenvalue weighted by Crippen LogP contribution is 2.25. The Morgan fingerprint density at radius 1 is 1.32 bits per heavy atom. The van der Waals surface area contributed by atoms with E-state index in [-0.39, 0.29) is 5.91 Å². The molecule has 1 N–H and O–H groups in total. The molecule has 1 aromatic carbocycles. The molecule has 122 valence electrons. The third-order valence-corrected chi connectivity index (χ3v) is 5.61. The summed E-state index contributed by atoms with van der Waals surface area (Å²) in [6.07, 6.45) is 3.54. The van der Waals surface area contributed by atoms with Gasteiger partial charge in [0.15, 0.2) is 0 Å².